The SMILES string of the molecule is O=C([O-])[O-].OCCN(CCO)CCO.[Ca+2]. The van der Waals surface area contributed by atoms with Crippen molar-refractivity contribution in [2.75, 3.05) is 39.5 Å². The van der Waals surface area contributed by atoms with Crippen molar-refractivity contribution in [1.82, 2.24) is 4.90 Å². The molecule has 0 amide bonds. The molecule has 0 aromatic carbocycles. The van der Waals surface area contributed by atoms with Gasteiger partial charge in [0.1, 0.15) is 0 Å². The summed E-state index contributed by atoms with van der Waals surface area (Å²) in [5.41, 5.74) is 0. The van der Waals surface area contributed by atoms with Crippen molar-refractivity contribution < 1.29 is 30.3 Å². The van der Waals surface area contributed by atoms with E-state index >= 15 is 0 Å². The fraction of sp³-hybridized carbons (Fsp3) is 0.857. The van der Waals surface area contributed by atoms with Gasteiger partial charge < -0.3 is 30.3 Å². The molecule has 0 aliphatic rings. The van der Waals surface area contributed by atoms with Crippen LogP contribution in [0.25, 0.3) is 0 Å². The summed E-state index contributed by atoms with van der Waals surface area (Å²) in [6, 6.07) is 0. The summed E-state index contributed by atoms with van der Waals surface area (Å²) in [4.78, 5) is 10.1. The number of nitrogens with zero attached hydrogens (tertiary/aromatic N) is 1. The number of carbonyl (C=O) groups is 1. The molecule has 0 aromatic rings. The van der Waals surface area contributed by atoms with Gasteiger partial charge in [-0.2, -0.15) is 0 Å². The Bertz CT molecular complexity index is 118. The molecule has 8 heteroatoms. The summed E-state index contributed by atoms with van der Waals surface area (Å²) < 4.78 is 0. The first kappa shape index (κ1) is 20.7. The van der Waals surface area contributed by atoms with Crippen LogP contribution >= 0.6 is 0 Å². The third kappa shape index (κ3) is 25.0. The van der Waals surface area contributed by atoms with E-state index in [0.29, 0.717) is 19.6 Å². The third-order valence-corrected chi connectivity index (χ3v) is 1.25. The number of rotatable bonds is 6. The molecule has 0 saturated carbocycles. The molecule has 0 aromatic heterocycles. The summed E-state index contributed by atoms with van der Waals surface area (Å²) in [5, 5.41) is 42.1. The van der Waals surface area contributed by atoms with Crippen molar-refractivity contribution in [3.8, 4) is 0 Å². The van der Waals surface area contributed by atoms with Crippen molar-refractivity contribution in [2.45, 2.75) is 0 Å². The van der Waals surface area contributed by atoms with E-state index in [2.05, 4.69) is 0 Å². The number of hydrogen-bond acceptors (Lipinski definition) is 7. The molecule has 0 atom stereocenters. The molecule has 0 fully saturated rings. The van der Waals surface area contributed by atoms with E-state index in [1.54, 1.807) is 4.90 Å². The van der Waals surface area contributed by atoms with E-state index in [9.17, 15) is 0 Å². The van der Waals surface area contributed by atoms with Gasteiger partial charge in [-0.15, -0.1) is 0 Å². The van der Waals surface area contributed by atoms with Crippen LogP contribution in [0.2, 0.25) is 0 Å². The maximum Gasteiger partial charge on any atom is 2.00 e. The summed E-state index contributed by atoms with van der Waals surface area (Å²) in [7, 11) is 0. The molecule has 0 radical (unpaired) electrons. The third-order valence-electron chi connectivity index (χ3n) is 1.25. The van der Waals surface area contributed by atoms with Gasteiger partial charge in [0.25, 0.3) is 0 Å². The molecular formula is C7H15CaNO6. The van der Waals surface area contributed by atoms with Gasteiger partial charge in [0, 0.05) is 19.6 Å². The van der Waals surface area contributed by atoms with Crippen LogP contribution in [-0.2, 0) is 0 Å². The van der Waals surface area contributed by atoms with Crippen LogP contribution in [0, 0.1) is 0 Å². The zero-order valence-corrected chi connectivity index (χ0v) is 10.7. The Hall–Kier alpha value is 0.370. The normalized spacial score (nSPS) is 8.80. The Morgan fingerprint density at radius 1 is 0.933 bits per heavy atom. The second-order valence-electron chi connectivity index (χ2n) is 2.26. The maximum absolute atomic E-state index is 8.48. The standard InChI is InChI=1S/C6H15NO3.CH2O3.Ca/c8-4-1-7(2-5-9)3-6-10;2-1(3)4;/h8-10H,1-6H2;(H2,2,3,4);/q;;+2/p-2. The minimum atomic E-state index is -2.33. The van der Waals surface area contributed by atoms with Crippen LogP contribution in [-0.4, -0.2) is 104 Å². The van der Waals surface area contributed by atoms with Gasteiger partial charge in [-0.05, 0) is 6.16 Å². The molecule has 0 heterocycles. The Kier molecular flexibility index (Phi) is 23.2. The number of carbonyl (C=O) groups excluding carboxylic acids is 1. The Morgan fingerprint density at radius 2 is 1.13 bits per heavy atom. The van der Waals surface area contributed by atoms with Gasteiger partial charge >= 0.3 is 37.7 Å². The smallest absolute Gasteiger partial charge is 0.652 e. The van der Waals surface area contributed by atoms with Crippen LogP contribution in [0.4, 0.5) is 4.79 Å². The quantitative estimate of drug-likeness (QED) is 0.404. The zero-order chi connectivity index (χ0) is 11.4. The van der Waals surface area contributed by atoms with E-state index < -0.39 is 6.16 Å². The molecule has 86 valence electrons. The molecule has 0 saturated heterocycles. The Morgan fingerprint density at radius 3 is 1.27 bits per heavy atom. The fourth-order valence-electron chi connectivity index (χ4n) is 0.760. The van der Waals surface area contributed by atoms with E-state index in [1.165, 1.54) is 0 Å². The van der Waals surface area contributed by atoms with Crippen LogP contribution in [0.5, 0.6) is 0 Å². The first-order chi connectivity index (χ1) is 6.58. The zero-order valence-electron chi connectivity index (χ0n) is 8.46. The van der Waals surface area contributed by atoms with Gasteiger partial charge in [-0.25, -0.2) is 0 Å². The molecule has 15 heavy (non-hydrogen) atoms. The molecule has 0 spiro atoms. The summed E-state index contributed by atoms with van der Waals surface area (Å²) in [6.45, 7) is 1.75. The summed E-state index contributed by atoms with van der Waals surface area (Å²) >= 11 is 0. The van der Waals surface area contributed by atoms with Crippen molar-refractivity contribution in [3.05, 3.63) is 0 Å². The van der Waals surface area contributed by atoms with E-state index in [-0.39, 0.29) is 57.6 Å². The first-order valence-electron chi connectivity index (χ1n) is 4.01. The second-order valence-corrected chi connectivity index (χ2v) is 2.26. The summed E-state index contributed by atoms with van der Waals surface area (Å²) in [5.74, 6) is 0. The Balaban J connectivity index is -0.000000249. The van der Waals surface area contributed by atoms with E-state index in [4.69, 9.17) is 30.3 Å². The largest absolute Gasteiger partial charge is 2.00 e. The van der Waals surface area contributed by atoms with Crippen LogP contribution in [0.15, 0.2) is 0 Å². The molecule has 0 unspecified atom stereocenters. The van der Waals surface area contributed by atoms with Gasteiger partial charge in [0.05, 0.1) is 19.8 Å². The summed E-state index contributed by atoms with van der Waals surface area (Å²) in [6.07, 6.45) is -2.33. The number of aliphatic hydroxyl groups excluding tert-OH is 3. The molecule has 7 nitrogen and oxygen atoms in total. The van der Waals surface area contributed by atoms with Gasteiger partial charge in [0.15, 0.2) is 0 Å². The van der Waals surface area contributed by atoms with Gasteiger partial charge in [-0.1, -0.05) is 0 Å². The average molecular weight is 249 g/mol. The van der Waals surface area contributed by atoms with E-state index in [1.807, 2.05) is 0 Å². The average Bonchev–Trinajstić information content (AvgIpc) is 2.04. The monoisotopic (exact) mass is 249 g/mol. The number of carboxylic acid groups (broad SMARTS) is 2. The molecule has 3 N–H and O–H groups in total. The van der Waals surface area contributed by atoms with E-state index in [0.717, 1.165) is 0 Å². The molecule has 0 aliphatic carbocycles. The number of hydrogen-bond donors (Lipinski definition) is 3. The second kappa shape index (κ2) is 16.8. The molecule has 0 aliphatic heterocycles. The fourth-order valence-corrected chi connectivity index (χ4v) is 0.760. The van der Waals surface area contributed by atoms with Crippen LogP contribution in [0.1, 0.15) is 0 Å². The predicted molar refractivity (Wildman–Crippen MR) is 48.8 cm³/mol. The molecular weight excluding hydrogens is 234 g/mol. The Labute approximate surface area is 118 Å². The van der Waals surface area contributed by atoms with Crippen molar-refractivity contribution in [2.24, 2.45) is 0 Å². The van der Waals surface area contributed by atoms with Gasteiger partial charge in [-0.3, -0.25) is 4.90 Å². The predicted octanol–water partition coefficient (Wildman–Crippen LogP) is -4.56. The van der Waals surface area contributed by atoms with Crippen LogP contribution in [0.3, 0.4) is 0 Å². The minimum absolute atomic E-state index is 0. The topological polar surface area (TPSA) is 127 Å². The van der Waals surface area contributed by atoms with Crippen molar-refractivity contribution in [3.63, 3.8) is 0 Å². The van der Waals surface area contributed by atoms with Gasteiger partial charge in [0.2, 0.25) is 0 Å². The maximum atomic E-state index is 8.48. The molecule has 0 bridgehead atoms. The molecule has 0 rings (SSSR count). The van der Waals surface area contributed by atoms with Crippen LogP contribution < -0.4 is 10.2 Å². The van der Waals surface area contributed by atoms with Crippen molar-refractivity contribution >= 4 is 43.9 Å². The first-order valence-corrected chi connectivity index (χ1v) is 4.01. The number of aliphatic hydroxyl groups is 3. The minimum Gasteiger partial charge on any atom is -0.652 e. The van der Waals surface area contributed by atoms with Crippen molar-refractivity contribution in [1.29, 1.82) is 0 Å².